The highest BCUT2D eigenvalue weighted by atomic mass is 16.5. The molecule has 0 radical (unpaired) electrons. The van der Waals surface area contributed by atoms with E-state index in [0.717, 1.165) is 47.0 Å². The quantitative estimate of drug-likeness (QED) is 0.426. The molecule has 0 amide bonds. The Hall–Kier alpha value is -3.95. The molecule has 190 valence electrons. The molecule has 0 spiro atoms. The van der Waals surface area contributed by atoms with Crippen molar-refractivity contribution in [1.29, 1.82) is 5.26 Å². The van der Waals surface area contributed by atoms with E-state index >= 15 is 0 Å². The van der Waals surface area contributed by atoms with Crippen LogP contribution in [-0.4, -0.2) is 40.9 Å². The van der Waals surface area contributed by atoms with Gasteiger partial charge < -0.3 is 19.7 Å². The molecule has 2 heterocycles. The number of benzene rings is 3. The average molecular weight is 497 g/mol. The molecule has 0 bridgehead atoms. The lowest BCUT2D eigenvalue weighted by molar-refractivity contribution is 0.169. The Balaban J connectivity index is 1.44. The maximum absolute atomic E-state index is 10.3. The number of hydrogen-bond donors (Lipinski definition) is 2. The van der Waals surface area contributed by atoms with Gasteiger partial charge in [-0.25, -0.2) is 0 Å². The first kappa shape index (κ1) is 24.7. The summed E-state index contributed by atoms with van der Waals surface area (Å²) < 4.78 is 12.6. The summed E-state index contributed by atoms with van der Waals surface area (Å²) in [7, 11) is 0. The van der Waals surface area contributed by atoms with Crippen LogP contribution < -0.4 is 9.47 Å². The lowest BCUT2D eigenvalue weighted by Gasteiger charge is -2.31. The van der Waals surface area contributed by atoms with Gasteiger partial charge in [0.05, 0.1) is 11.6 Å². The third-order valence-corrected chi connectivity index (χ3v) is 7.39. The van der Waals surface area contributed by atoms with Crippen molar-refractivity contribution < 1.29 is 19.7 Å². The second kappa shape index (κ2) is 10.2. The molecule has 2 aliphatic heterocycles. The normalized spacial score (nSPS) is 20.2. The molecule has 1 fully saturated rings. The van der Waals surface area contributed by atoms with Gasteiger partial charge in [-0.15, -0.1) is 0 Å². The van der Waals surface area contributed by atoms with Crippen molar-refractivity contribution in [2.24, 2.45) is 5.92 Å². The van der Waals surface area contributed by atoms with E-state index in [2.05, 4.69) is 24.8 Å². The summed E-state index contributed by atoms with van der Waals surface area (Å²) in [6.45, 7) is 9.36. The smallest absolute Gasteiger partial charge is 0.150 e. The molecular formula is C31H32N2O4. The Kier molecular flexibility index (Phi) is 6.82. The summed E-state index contributed by atoms with van der Waals surface area (Å²) in [5, 5.41) is 29.9. The number of phenolic OH excluding ortho intramolecular Hbond substituents is 2. The Morgan fingerprint density at radius 3 is 2.57 bits per heavy atom. The Morgan fingerprint density at radius 2 is 1.86 bits per heavy atom. The van der Waals surface area contributed by atoms with E-state index in [1.807, 2.05) is 31.2 Å². The number of fused-ring (bicyclic) bond motifs is 1. The van der Waals surface area contributed by atoms with Crippen LogP contribution in [0, 0.1) is 17.2 Å². The fourth-order valence-corrected chi connectivity index (χ4v) is 5.31. The molecular weight excluding hydrogens is 464 g/mol. The average Bonchev–Trinajstić information content (AvgIpc) is 3.33. The molecule has 3 atom stereocenters. The van der Waals surface area contributed by atoms with Gasteiger partial charge in [0.1, 0.15) is 35.7 Å². The van der Waals surface area contributed by atoms with Crippen molar-refractivity contribution in [3.8, 4) is 29.1 Å². The van der Waals surface area contributed by atoms with Crippen molar-refractivity contribution in [3.63, 3.8) is 0 Å². The Morgan fingerprint density at radius 1 is 1.08 bits per heavy atom. The molecule has 0 aromatic heterocycles. The number of rotatable bonds is 6. The second-order valence-electron chi connectivity index (χ2n) is 10.2. The summed E-state index contributed by atoms with van der Waals surface area (Å²) in [4.78, 5) is 2.48. The minimum absolute atomic E-state index is 0.0140. The van der Waals surface area contributed by atoms with E-state index in [-0.39, 0.29) is 11.5 Å². The van der Waals surface area contributed by atoms with E-state index in [1.165, 1.54) is 12.5 Å². The van der Waals surface area contributed by atoms with E-state index in [0.29, 0.717) is 29.5 Å². The SMILES string of the molecule is CC1=C(c2cc(O)cc(C#N)c2)C(c2ccc(OCC(C)N3CCC(C)C3)cc2)Oc2ccc(O)cc21. The fraction of sp³-hybridized carbons (Fsp3) is 0.323. The summed E-state index contributed by atoms with van der Waals surface area (Å²) >= 11 is 0. The Bertz CT molecular complexity index is 1370. The summed E-state index contributed by atoms with van der Waals surface area (Å²) in [6.07, 6.45) is 0.775. The lowest BCUT2D eigenvalue weighted by Crippen LogP contribution is -2.35. The van der Waals surface area contributed by atoms with Crippen molar-refractivity contribution in [2.45, 2.75) is 39.3 Å². The predicted molar refractivity (Wildman–Crippen MR) is 144 cm³/mol. The maximum atomic E-state index is 10.3. The molecule has 3 aromatic carbocycles. The molecule has 1 saturated heterocycles. The van der Waals surface area contributed by atoms with Crippen LogP contribution in [0.5, 0.6) is 23.0 Å². The summed E-state index contributed by atoms with van der Waals surface area (Å²) in [6, 6.07) is 20.3. The van der Waals surface area contributed by atoms with Crippen LogP contribution in [-0.2, 0) is 0 Å². The first-order valence-corrected chi connectivity index (χ1v) is 12.7. The van der Waals surface area contributed by atoms with Gasteiger partial charge in [-0.3, -0.25) is 4.90 Å². The van der Waals surface area contributed by atoms with Crippen LogP contribution >= 0.6 is 0 Å². The van der Waals surface area contributed by atoms with Gasteiger partial charge in [-0.1, -0.05) is 19.1 Å². The van der Waals surface area contributed by atoms with Crippen molar-refractivity contribution in [1.82, 2.24) is 4.90 Å². The zero-order valence-corrected chi connectivity index (χ0v) is 21.4. The summed E-state index contributed by atoms with van der Waals surface area (Å²) in [5.41, 5.74) is 4.49. The minimum Gasteiger partial charge on any atom is -0.508 e. The Labute approximate surface area is 218 Å². The maximum Gasteiger partial charge on any atom is 0.150 e. The molecule has 3 aromatic rings. The van der Waals surface area contributed by atoms with Crippen molar-refractivity contribution in [2.75, 3.05) is 19.7 Å². The first-order valence-electron chi connectivity index (χ1n) is 12.7. The van der Waals surface area contributed by atoms with Crippen LogP contribution in [0.25, 0.3) is 11.1 Å². The monoisotopic (exact) mass is 496 g/mol. The minimum atomic E-state index is -0.468. The number of nitriles is 1. The van der Waals surface area contributed by atoms with E-state index in [4.69, 9.17) is 9.47 Å². The number of likely N-dealkylation sites (tertiary alicyclic amines) is 1. The van der Waals surface area contributed by atoms with Crippen LogP contribution in [0.3, 0.4) is 0 Å². The van der Waals surface area contributed by atoms with E-state index < -0.39 is 6.10 Å². The molecule has 6 nitrogen and oxygen atoms in total. The molecule has 2 N–H and O–H groups in total. The van der Waals surface area contributed by atoms with E-state index in [1.54, 1.807) is 30.3 Å². The highest BCUT2D eigenvalue weighted by molar-refractivity contribution is 5.96. The van der Waals surface area contributed by atoms with Crippen LogP contribution in [0.15, 0.2) is 60.7 Å². The predicted octanol–water partition coefficient (Wildman–Crippen LogP) is 6.14. The van der Waals surface area contributed by atoms with Gasteiger partial charge >= 0.3 is 0 Å². The molecule has 2 aliphatic rings. The molecule has 5 rings (SSSR count). The standard InChI is InChI=1S/C31H32N2O4/c1-19-10-11-33(17-19)20(2)18-36-27-7-4-23(5-8-27)31-30(24-12-22(16-32)13-26(35)14-24)21(3)28-15-25(34)6-9-29(28)37-31/h4-9,12-15,19-20,31,34-35H,10-11,17-18H2,1-3H3. The highest BCUT2D eigenvalue weighted by Gasteiger charge is 2.30. The van der Waals surface area contributed by atoms with Gasteiger partial charge in [0, 0.05) is 23.7 Å². The van der Waals surface area contributed by atoms with E-state index in [9.17, 15) is 15.5 Å². The van der Waals surface area contributed by atoms with Gasteiger partial charge in [-0.2, -0.15) is 5.26 Å². The molecule has 6 heteroatoms. The number of phenols is 2. The summed E-state index contributed by atoms with van der Waals surface area (Å²) in [5.74, 6) is 2.37. The topological polar surface area (TPSA) is 86.0 Å². The van der Waals surface area contributed by atoms with Crippen LogP contribution in [0.1, 0.15) is 55.5 Å². The molecule has 0 saturated carbocycles. The number of aromatic hydroxyl groups is 2. The van der Waals surface area contributed by atoms with Crippen molar-refractivity contribution in [3.05, 3.63) is 82.9 Å². The van der Waals surface area contributed by atoms with Crippen LogP contribution in [0.2, 0.25) is 0 Å². The second-order valence-corrected chi connectivity index (χ2v) is 10.2. The number of allylic oxidation sites excluding steroid dienone is 1. The number of hydrogen-bond acceptors (Lipinski definition) is 6. The van der Waals surface area contributed by atoms with Gasteiger partial charge in [0.2, 0.25) is 0 Å². The molecule has 37 heavy (non-hydrogen) atoms. The van der Waals surface area contributed by atoms with Gasteiger partial charge in [-0.05, 0) is 98.0 Å². The largest absolute Gasteiger partial charge is 0.508 e. The van der Waals surface area contributed by atoms with Crippen molar-refractivity contribution >= 4 is 11.1 Å². The molecule has 3 unspecified atom stereocenters. The number of ether oxygens (including phenoxy) is 2. The zero-order valence-electron chi connectivity index (χ0n) is 21.4. The van der Waals surface area contributed by atoms with Gasteiger partial charge in [0.25, 0.3) is 0 Å². The first-order chi connectivity index (χ1) is 17.8. The van der Waals surface area contributed by atoms with Gasteiger partial charge in [0.15, 0.2) is 0 Å². The van der Waals surface area contributed by atoms with Crippen LogP contribution in [0.4, 0.5) is 0 Å². The molecule has 0 aliphatic carbocycles. The third-order valence-electron chi connectivity index (χ3n) is 7.39. The number of nitrogens with zero attached hydrogens (tertiary/aromatic N) is 2. The highest BCUT2D eigenvalue weighted by Crippen LogP contribution is 2.48. The lowest BCUT2D eigenvalue weighted by atomic mass is 9.85. The zero-order chi connectivity index (χ0) is 26.1. The fourth-order valence-electron chi connectivity index (χ4n) is 5.31. The third kappa shape index (κ3) is 5.14.